The fourth-order valence-electron chi connectivity index (χ4n) is 2.83. The molecule has 2 aromatic rings. The second-order valence-electron chi connectivity index (χ2n) is 5.94. The molecular formula is C17H21N5O3S. The third-order valence-corrected chi connectivity index (χ3v) is 5.21. The Morgan fingerprint density at radius 3 is 2.96 bits per heavy atom. The first-order valence-corrected chi connectivity index (χ1v) is 9.26. The summed E-state index contributed by atoms with van der Waals surface area (Å²) in [5.74, 6) is 0.793. The summed E-state index contributed by atoms with van der Waals surface area (Å²) in [7, 11) is 3.44. The van der Waals surface area contributed by atoms with E-state index < -0.39 is 0 Å². The average molecular weight is 375 g/mol. The van der Waals surface area contributed by atoms with E-state index in [2.05, 4.69) is 15.5 Å². The molecule has 1 saturated heterocycles. The molecule has 1 aromatic carbocycles. The van der Waals surface area contributed by atoms with Gasteiger partial charge in [-0.15, -0.1) is 10.2 Å². The molecule has 1 N–H and O–H groups in total. The Balaban J connectivity index is 1.51. The molecule has 1 fully saturated rings. The van der Waals surface area contributed by atoms with E-state index in [1.165, 1.54) is 11.8 Å². The summed E-state index contributed by atoms with van der Waals surface area (Å²) < 4.78 is 7.14. The van der Waals surface area contributed by atoms with Gasteiger partial charge in [0.05, 0.1) is 18.7 Å². The van der Waals surface area contributed by atoms with Crippen molar-refractivity contribution < 1.29 is 14.3 Å². The lowest BCUT2D eigenvalue weighted by molar-refractivity contribution is -0.126. The van der Waals surface area contributed by atoms with Gasteiger partial charge in [0.25, 0.3) is 0 Å². The van der Waals surface area contributed by atoms with E-state index in [0.29, 0.717) is 30.3 Å². The first-order valence-electron chi connectivity index (χ1n) is 8.28. The highest BCUT2D eigenvalue weighted by atomic mass is 32.2. The normalized spacial score (nSPS) is 16.8. The number of ether oxygens (including phenoxy) is 1. The van der Waals surface area contributed by atoms with Crippen LogP contribution in [0.2, 0.25) is 0 Å². The molecule has 1 aliphatic heterocycles. The van der Waals surface area contributed by atoms with Gasteiger partial charge in [0.15, 0.2) is 5.16 Å². The molecule has 26 heavy (non-hydrogen) atoms. The van der Waals surface area contributed by atoms with Crippen molar-refractivity contribution >= 4 is 29.3 Å². The summed E-state index contributed by atoms with van der Waals surface area (Å²) in [6.45, 7) is 0.872. The number of carbonyl (C=O) groups excluding carboxylic acids is 2. The van der Waals surface area contributed by atoms with E-state index in [1.54, 1.807) is 24.4 Å². The number of nitrogens with zero attached hydrogens (tertiary/aromatic N) is 4. The summed E-state index contributed by atoms with van der Waals surface area (Å²) in [5, 5.41) is 11.5. The Kier molecular flexibility index (Phi) is 5.77. The van der Waals surface area contributed by atoms with Crippen LogP contribution in [0.5, 0.6) is 5.75 Å². The van der Waals surface area contributed by atoms with Crippen molar-refractivity contribution in [3.05, 3.63) is 30.6 Å². The minimum absolute atomic E-state index is 0.0666. The first kappa shape index (κ1) is 18.2. The zero-order valence-corrected chi connectivity index (χ0v) is 15.5. The minimum atomic E-state index is -0.354. The number of carbonyl (C=O) groups is 2. The number of hydrogen-bond acceptors (Lipinski definition) is 6. The molecule has 0 unspecified atom stereocenters. The molecule has 3 rings (SSSR count). The number of aromatic nitrogens is 3. The molecule has 2 amide bonds. The predicted molar refractivity (Wildman–Crippen MR) is 98.2 cm³/mol. The van der Waals surface area contributed by atoms with Gasteiger partial charge in [-0.05, 0) is 12.1 Å². The SMILES string of the molecule is COc1ccccc1N1C[C@@H](C(=O)NCCSc2nncn2C)CC1=O. The summed E-state index contributed by atoms with van der Waals surface area (Å²) in [6, 6.07) is 7.33. The topological polar surface area (TPSA) is 89.3 Å². The third kappa shape index (κ3) is 3.98. The van der Waals surface area contributed by atoms with Crippen molar-refractivity contribution in [2.75, 3.05) is 30.9 Å². The van der Waals surface area contributed by atoms with Gasteiger partial charge in [0, 0.05) is 32.3 Å². The van der Waals surface area contributed by atoms with E-state index in [-0.39, 0.29) is 24.2 Å². The lowest BCUT2D eigenvalue weighted by Gasteiger charge is -2.19. The monoisotopic (exact) mass is 375 g/mol. The Morgan fingerprint density at radius 2 is 2.23 bits per heavy atom. The van der Waals surface area contributed by atoms with Crippen LogP contribution < -0.4 is 15.0 Å². The summed E-state index contributed by atoms with van der Waals surface area (Å²) in [4.78, 5) is 26.4. The van der Waals surface area contributed by atoms with Crippen molar-refractivity contribution in [3.8, 4) is 5.75 Å². The van der Waals surface area contributed by atoms with Gasteiger partial charge in [-0.25, -0.2) is 0 Å². The maximum atomic E-state index is 12.4. The summed E-state index contributed by atoms with van der Waals surface area (Å²) >= 11 is 1.52. The molecule has 8 nitrogen and oxygen atoms in total. The fourth-order valence-corrected chi connectivity index (χ4v) is 3.58. The smallest absolute Gasteiger partial charge is 0.227 e. The molecule has 1 aliphatic rings. The van der Waals surface area contributed by atoms with Crippen LogP contribution in [0, 0.1) is 5.92 Å². The predicted octanol–water partition coefficient (Wildman–Crippen LogP) is 1.09. The van der Waals surface area contributed by atoms with E-state index in [9.17, 15) is 9.59 Å². The van der Waals surface area contributed by atoms with Crippen LogP contribution in [0.4, 0.5) is 5.69 Å². The maximum Gasteiger partial charge on any atom is 0.227 e. The average Bonchev–Trinajstić information content (AvgIpc) is 3.24. The molecule has 138 valence electrons. The zero-order chi connectivity index (χ0) is 18.5. The first-order chi connectivity index (χ1) is 12.6. The highest BCUT2D eigenvalue weighted by molar-refractivity contribution is 7.99. The molecule has 9 heteroatoms. The van der Waals surface area contributed by atoms with Gasteiger partial charge in [-0.2, -0.15) is 0 Å². The van der Waals surface area contributed by atoms with Gasteiger partial charge in [-0.1, -0.05) is 23.9 Å². The number of nitrogens with one attached hydrogen (secondary N) is 1. The molecule has 0 radical (unpaired) electrons. The number of para-hydroxylation sites is 2. The number of methoxy groups -OCH3 is 1. The van der Waals surface area contributed by atoms with Crippen LogP contribution in [-0.2, 0) is 16.6 Å². The standard InChI is InChI=1S/C17H21N5O3S/c1-21-11-19-20-17(21)26-8-7-18-16(24)12-9-15(23)22(10-12)13-5-3-4-6-14(13)25-2/h3-6,11-12H,7-10H2,1-2H3,(H,18,24)/t12-/m0/s1. The Hall–Kier alpha value is -2.55. The number of hydrogen-bond donors (Lipinski definition) is 1. The van der Waals surface area contributed by atoms with Crippen LogP contribution in [0.25, 0.3) is 0 Å². The second-order valence-corrected chi connectivity index (χ2v) is 7.00. The number of anilines is 1. The highest BCUT2D eigenvalue weighted by Crippen LogP contribution is 2.32. The lowest BCUT2D eigenvalue weighted by atomic mass is 10.1. The summed E-state index contributed by atoms with van der Waals surface area (Å²) in [5.41, 5.74) is 0.702. The van der Waals surface area contributed by atoms with E-state index >= 15 is 0 Å². The number of benzene rings is 1. The quantitative estimate of drug-likeness (QED) is 0.576. The van der Waals surface area contributed by atoms with Crippen molar-refractivity contribution in [3.63, 3.8) is 0 Å². The van der Waals surface area contributed by atoms with Crippen LogP contribution in [0.15, 0.2) is 35.7 Å². The van der Waals surface area contributed by atoms with Crippen molar-refractivity contribution in [1.29, 1.82) is 0 Å². The fraction of sp³-hybridized carbons (Fsp3) is 0.412. The van der Waals surface area contributed by atoms with Gasteiger partial charge < -0.3 is 19.5 Å². The molecule has 0 aliphatic carbocycles. The van der Waals surface area contributed by atoms with Crippen molar-refractivity contribution in [2.24, 2.45) is 13.0 Å². The number of thioether (sulfide) groups is 1. The van der Waals surface area contributed by atoms with E-state index in [0.717, 1.165) is 5.16 Å². The molecular weight excluding hydrogens is 354 g/mol. The molecule has 1 aromatic heterocycles. The Labute approximate surface area is 155 Å². The van der Waals surface area contributed by atoms with Crippen LogP contribution in [-0.4, -0.2) is 52.5 Å². The van der Waals surface area contributed by atoms with Crippen molar-refractivity contribution in [2.45, 2.75) is 11.6 Å². The van der Waals surface area contributed by atoms with Crippen LogP contribution >= 0.6 is 11.8 Å². The number of amides is 2. The van der Waals surface area contributed by atoms with Crippen LogP contribution in [0.3, 0.4) is 0 Å². The van der Waals surface area contributed by atoms with E-state index in [1.807, 2.05) is 29.8 Å². The maximum absolute atomic E-state index is 12.4. The molecule has 2 heterocycles. The third-order valence-electron chi connectivity index (χ3n) is 4.17. The highest BCUT2D eigenvalue weighted by Gasteiger charge is 2.36. The lowest BCUT2D eigenvalue weighted by Crippen LogP contribution is -2.34. The molecule has 0 bridgehead atoms. The van der Waals surface area contributed by atoms with Gasteiger partial charge in [0.2, 0.25) is 11.8 Å². The molecule has 1 atom stereocenters. The van der Waals surface area contributed by atoms with Gasteiger partial charge in [0.1, 0.15) is 12.1 Å². The zero-order valence-electron chi connectivity index (χ0n) is 14.7. The Morgan fingerprint density at radius 1 is 1.42 bits per heavy atom. The van der Waals surface area contributed by atoms with Gasteiger partial charge >= 0.3 is 0 Å². The van der Waals surface area contributed by atoms with E-state index in [4.69, 9.17) is 4.74 Å². The largest absolute Gasteiger partial charge is 0.495 e. The van der Waals surface area contributed by atoms with Gasteiger partial charge in [-0.3, -0.25) is 9.59 Å². The van der Waals surface area contributed by atoms with Crippen LogP contribution in [0.1, 0.15) is 6.42 Å². The molecule has 0 spiro atoms. The number of rotatable bonds is 7. The second kappa shape index (κ2) is 8.22. The summed E-state index contributed by atoms with van der Waals surface area (Å²) in [6.07, 6.45) is 1.85. The Bertz CT molecular complexity index is 794. The minimum Gasteiger partial charge on any atom is -0.495 e. The van der Waals surface area contributed by atoms with Crippen molar-refractivity contribution in [1.82, 2.24) is 20.1 Å². The molecule has 0 saturated carbocycles. The number of aryl methyl sites for hydroxylation is 1.